The number of hydrogen-bond acceptors (Lipinski definition) is 6. The molecule has 1 saturated heterocycles. The lowest BCUT2D eigenvalue weighted by Crippen LogP contribution is -2.43. The Hall–Kier alpha value is -4.27. The second-order valence-corrected chi connectivity index (χ2v) is 7.30. The predicted octanol–water partition coefficient (Wildman–Crippen LogP) is 2.83. The van der Waals surface area contributed by atoms with Gasteiger partial charge < -0.3 is 18.8 Å². The van der Waals surface area contributed by atoms with E-state index in [1.165, 1.54) is 6.07 Å². The van der Waals surface area contributed by atoms with Gasteiger partial charge in [-0.3, -0.25) is 25.2 Å². The van der Waals surface area contributed by atoms with Gasteiger partial charge in [0.25, 0.3) is 5.91 Å². The van der Waals surface area contributed by atoms with Gasteiger partial charge >= 0.3 is 5.91 Å². The first-order valence-corrected chi connectivity index (χ1v) is 10.5. The summed E-state index contributed by atoms with van der Waals surface area (Å²) in [4.78, 5) is 37.7. The Labute approximate surface area is 190 Å². The summed E-state index contributed by atoms with van der Waals surface area (Å²) < 4.78 is 16.4. The molecule has 2 aromatic carbocycles. The molecule has 170 valence electrons. The average Bonchev–Trinajstić information content (AvgIpc) is 3.50. The van der Waals surface area contributed by atoms with Crippen molar-refractivity contribution < 1.29 is 28.3 Å². The largest absolute Gasteiger partial charge is 0.486 e. The maximum absolute atomic E-state index is 12.2. The zero-order valence-corrected chi connectivity index (χ0v) is 17.8. The molecule has 1 fully saturated rings. The molecule has 1 aliphatic heterocycles. The minimum absolute atomic E-state index is 0.0370. The summed E-state index contributed by atoms with van der Waals surface area (Å²) in [6, 6.07) is 19.3. The number of rotatable bonds is 8. The zero-order chi connectivity index (χ0) is 23.0. The van der Waals surface area contributed by atoms with Gasteiger partial charge in [0.2, 0.25) is 5.91 Å². The molecule has 3 amide bonds. The first kappa shape index (κ1) is 21.9. The maximum Gasteiger partial charge on any atom is 0.305 e. The van der Waals surface area contributed by atoms with E-state index in [0.717, 1.165) is 12.1 Å². The Balaban J connectivity index is 1.18. The number of ether oxygens (including phenoxy) is 2. The quantitative estimate of drug-likeness (QED) is 0.512. The second-order valence-electron chi connectivity index (χ2n) is 7.30. The summed E-state index contributed by atoms with van der Waals surface area (Å²) in [7, 11) is 0. The fourth-order valence-electron chi connectivity index (χ4n) is 3.27. The highest BCUT2D eigenvalue weighted by Gasteiger charge is 2.21. The molecule has 0 radical (unpaired) electrons. The molecule has 1 aliphatic rings. The lowest BCUT2D eigenvalue weighted by Gasteiger charge is -2.16. The van der Waals surface area contributed by atoms with E-state index in [9.17, 15) is 14.4 Å². The second kappa shape index (κ2) is 10.4. The van der Waals surface area contributed by atoms with Crippen molar-refractivity contribution in [2.75, 3.05) is 18.1 Å². The summed E-state index contributed by atoms with van der Waals surface area (Å²) in [5.41, 5.74) is 5.35. The fourth-order valence-corrected chi connectivity index (χ4v) is 3.27. The van der Waals surface area contributed by atoms with Crippen LogP contribution in [0.15, 0.2) is 71.1 Å². The SMILES string of the molecule is O=C(COc1ccc(N2CCCC2=O)cc1)NNC(=O)c1ccc(COc2ccccc2)o1. The molecule has 0 unspecified atom stereocenters. The van der Waals surface area contributed by atoms with Gasteiger partial charge in [0, 0.05) is 18.7 Å². The van der Waals surface area contributed by atoms with Crippen LogP contribution in [0.1, 0.15) is 29.2 Å². The van der Waals surface area contributed by atoms with Crippen molar-refractivity contribution in [2.24, 2.45) is 0 Å². The van der Waals surface area contributed by atoms with Gasteiger partial charge in [0.1, 0.15) is 23.9 Å². The van der Waals surface area contributed by atoms with Crippen molar-refractivity contribution in [3.05, 3.63) is 78.3 Å². The molecule has 0 saturated carbocycles. The van der Waals surface area contributed by atoms with Crippen molar-refractivity contribution in [3.63, 3.8) is 0 Å². The summed E-state index contributed by atoms with van der Waals surface area (Å²) in [6.07, 6.45) is 1.41. The lowest BCUT2D eigenvalue weighted by atomic mass is 10.3. The number of nitrogens with zero attached hydrogens (tertiary/aromatic N) is 1. The number of carbonyl (C=O) groups excluding carboxylic acids is 3. The van der Waals surface area contributed by atoms with E-state index < -0.39 is 11.8 Å². The van der Waals surface area contributed by atoms with Gasteiger partial charge in [-0.15, -0.1) is 0 Å². The van der Waals surface area contributed by atoms with E-state index in [4.69, 9.17) is 13.9 Å². The number of amides is 3. The topological polar surface area (TPSA) is 110 Å². The van der Waals surface area contributed by atoms with Crippen LogP contribution in [0.5, 0.6) is 11.5 Å². The monoisotopic (exact) mass is 449 g/mol. The summed E-state index contributed by atoms with van der Waals surface area (Å²) in [6.45, 7) is 0.581. The molecule has 3 aromatic rings. The van der Waals surface area contributed by atoms with Crippen LogP contribution in [0.25, 0.3) is 0 Å². The number of carbonyl (C=O) groups is 3. The van der Waals surface area contributed by atoms with Gasteiger partial charge in [-0.1, -0.05) is 18.2 Å². The molecule has 0 bridgehead atoms. The first-order valence-electron chi connectivity index (χ1n) is 10.5. The van der Waals surface area contributed by atoms with E-state index in [0.29, 0.717) is 30.2 Å². The van der Waals surface area contributed by atoms with Crippen LogP contribution in [0.4, 0.5) is 5.69 Å². The number of hydrogen-bond donors (Lipinski definition) is 2. The fraction of sp³-hybridized carbons (Fsp3) is 0.208. The van der Waals surface area contributed by atoms with Crippen molar-refractivity contribution in [1.82, 2.24) is 10.9 Å². The van der Waals surface area contributed by atoms with Crippen LogP contribution in [-0.2, 0) is 16.2 Å². The summed E-state index contributed by atoms with van der Waals surface area (Å²) in [5, 5.41) is 0. The highest BCUT2D eigenvalue weighted by atomic mass is 16.5. The van der Waals surface area contributed by atoms with Gasteiger partial charge in [-0.2, -0.15) is 0 Å². The number of hydrazine groups is 1. The minimum Gasteiger partial charge on any atom is -0.486 e. The van der Waals surface area contributed by atoms with Crippen molar-refractivity contribution >= 4 is 23.4 Å². The molecular weight excluding hydrogens is 426 g/mol. The first-order chi connectivity index (χ1) is 16.1. The summed E-state index contributed by atoms with van der Waals surface area (Å²) in [5.74, 6) is 0.626. The van der Waals surface area contributed by atoms with E-state index in [-0.39, 0.29) is 24.9 Å². The Bertz CT molecular complexity index is 1110. The zero-order valence-electron chi connectivity index (χ0n) is 17.8. The van der Waals surface area contributed by atoms with Gasteiger partial charge in [0.05, 0.1) is 0 Å². The number of nitrogens with one attached hydrogen (secondary N) is 2. The molecule has 33 heavy (non-hydrogen) atoms. The smallest absolute Gasteiger partial charge is 0.305 e. The third-order valence-electron chi connectivity index (χ3n) is 4.92. The number of para-hydroxylation sites is 1. The standard InChI is InChI=1S/C24H23N3O6/c28-22(16-32-19-10-8-17(9-11-19)27-14-4-7-23(27)29)25-26-24(30)21-13-12-20(33-21)15-31-18-5-2-1-3-6-18/h1-3,5-6,8-13H,4,7,14-16H2,(H,25,28)(H,26,30). The molecule has 9 nitrogen and oxygen atoms in total. The van der Waals surface area contributed by atoms with E-state index >= 15 is 0 Å². The van der Waals surface area contributed by atoms with Crippen LogP contribution in [0.3, 0.4) is 0 Å². The third kappa shape index (κ3) is 5.91. The molecule has 0 spiro atoms. The van der Waals surface area contributed by atoms with E-state index in [1.807, 2.05) is 30.3 Å². The van der Waals surface area contributed by atoms with Crippen LogP contribution in [-0.4, -0.2) is 30.9 Å². The average molecular weight is 449 g/mol. The number of benzene rings is 2. The van der Waals surface area contributed by atoms with Crippen LogP contribution in [0.2, 0.25) is 0 Å². The van der Waals surface area contributed by atoms with Crippen molar-refractivity contribution in [1.29, 1.82) is 0 Å². The van der Waals surface area contributed by atoms with Crippen molar-refractivity contribution in [2.45, 2.75) is 19.4 Å². The molecule has 0 aliphatic carbocycles. The summed E-state index contributed by atoms with van der Waals surface area (Å²) >= 11 is 0. The maximum atomic E-state index is 12.2. The van der Waals surface area contributed by atoms with Gasteiger partial charge in [0.15, 0.2) is 12.4 Å². The van der Waals surface area contributed by atoms with Gasteiger partial charge in [-0.05, 0) is 55.0 Å². The molecule has 4 rings (SSSR count). The van der Waals surface area contributed by atoms with Crippen LogP contribution >= 0.6 is 0 Å². The highest BCUT2D eigenvalue weighted by Crippen LogP contribution is 2.23. The van der Waals surface area contributed by atoms with E-state index in [1.54, 1.807) is 35.2 Å². The number of furan rings is 1. The normalized spacial score (nSPS) is 13.0. The minimum atomic E-state index is -0.603. The Morgan fingerprint density at radius 3 is 2.39 bits per heavy atom. The Morgan fingerprint density at radius 1 is 0.909 bits per heavy atom. The molecule has 2 heterocycles. The third-order valence-corrected chi connectivity index (χ3v) is 4.92. The molecular formula is C24H23N3O6. The molecule has 9 heteroatoms. The lowest BCUT2D eigenvalue weighted by molar-refractivity contribution is -0.123. The molecule has 1 aromatic heterocycles. The number of anilines is 1. The van der Waals surface area contributed by atoms with Crippen molar-refractivity contribution in [3.8, 4) is 11.5 Å². The van der Waals surface area contributed by atoms with Crippen LogP contribution < -0.4 is 25.2 Å². The Morgan fingerprint density at radius 2 is 1.67 bits per heavy atom. The predicted molar refractivity (Wildman–Crippen MR) is 119 cm³/mol. The van der Waals surface area contributed by atoms with Crippen LogP contribution in [0, 0.1) is 0 Å². The Kier molecular flexibility index (Phi) is 6.89. The van der Waals surface area contributed by atoms with E-state index in [2.05, 4.69) is 10.9 Å². The highest BCUT2D eigenvalue weighted by molar-refractivity contribution is 5.95. The van der Waals surface area contributed by atoms with Gasteiger partial charge in [-0.25, -0.2) is 0 Å². The molecule has 0 atom stereocenters. The molecule has 2 N–H and O–H groups in total.